The van der Waals surface area contributed by atoms with Gasteiger partial charge in [0.25, 0.3) is 0 Å². The number of benzene rings is 1. The molecule has 7 heteroatoms. The van der Waals surface area contributed by atoms with Crippen molar-refractivity contribution in [3.8, 4) is 5.75 Å². The second-order valence-corrected chi connectivity index (χ2v) is 11.0. The summed E-state index contributed by atoms with van der Waals surface area (Å²) < 4.78 is 11.5. The first kappa shape index (κ1) is 26.4. The Morgan fingerprint density at radius 3 is 2.66 bits per heavy atom. The van der Waals surface area contributed by atoms with E-state index >= 15 is 0 Å². The molecule has 1 aliphatic heterocycles. The van der Waals surface area contributed by atoms with Crippen molar-refractivity contribution in [2.45, 2.75) is 82.0 Å². The van der Waals surface area contributed by atoms with Crippen LogP contribution in [0.4, 0.5) is 0 Å². The molecule has 5 unspecified atom stereocenters. The third-order valence-electron chi connectivity index (χ3n) is 8.54. The molecule has 3 fully saturated rings. The molecule has 0 aromatic heterocycles. The summed E-state index contributed by atoms with van der Waals surface area (Å²) in [6.45, 7) is 2.56. The topological polar surface area (TPSA) is 105 Å². The Morgan fingerprint density at radius 2 is 1.97 bits per heavy atom. The number of nitrogens with two attached hydrogens (primary N) is 1. The summed E-state index contributed by atoms with van der Waals surface area (Å²) >= 11 is 0. The number of aliphatic hydroxyl groups is 2. The Kier molecular flexibility index (Phi) is 9.08. The third-order valence-corrected chi connectivity index (χ3v) is 8.54. The Balaban J connectivity index is 1.53. The molecule has 196 valence electrons. The Hall–Kier alpha value is -1.67. The van der Waals surface area contributed by atoms with E-state index in [-0.39, 0.29) is 23.8 Å². The summed E-state index contributed by atoms with van der Waals surface area (Å²) in [5.74, 6) is 1.12. The first-order valence-electron chi connectivity index (χ1n) is 13.6. The first-order chi connectivity index (χ1) is 16.9. The number of methoxy groups -OCH3 is 1. The van der Waals surface area contributed by atoms with Crippen molar-refractivity contribution in [1.29, 1.82) is 0 Å². The lowest BCUT2D eigenvalue weighted by Crippen LogP contribution is -2.49. The molecular weight excluding hydrogens is 444 g/mol. The molecule has 1 amide bonds. The number of para-hydroxylation sites is 1. The summed E-state index contributed by atoms with van der Waals surface area (Å²) in [4.78, 5) is 15.2. The Morgan fingerprint density at radius 1 is 1.17 bits per heavy atom. The standard InChI is InChI=1S/C28H44N2O5/c1-34-15-5-4-13-28(33,23-11-2-3-12-26(23)35-19-20-8-6-9-20)22-10-7-14-30(18-22)27(32)21-16-24(29)25(31)17-21/h2-3,11-12,20-22,24-25,31,33H,4-10,13-19,29H2,1H3. The minimum Gasteiger partial charge on any atom is -0.493 e. The van der Waals surface area contributed by atoms with E-state index in [2.05, 4.69) is 0 Å². The normalized spacial score (nSPS) is 29.0. The molecule has 4 rings (SSSR count). The molecule has 1 aromatic rings. The van der Waals surface area contributed by atoms with E-state index in [9.17, 15) is 15.0 Å². The number of aliphatic hydroxyl groups excluding tert-OH is 1. The van der Waals surface area contributed by atoms with Crippen LogP contribution >= 0.6 is 0 Å². The van der Waals surface area contributed by atoms with Gasteiger partial charge in [0.1, 0.15) is 5.75 Å². The lowest BCUT2D eigenvalue weighted by Gasteiger charge is -2.44. The van der Waals surface area contributed by atoms with Gasteiger partial charge in [0.2, 0.25) is 5.91 Å². The lowest BCUT2D eigenvalue weighted by atomic mass is 9.73. The predicted octanol–water partition coefficient (Wildman–Crippen LogP) is 3.21. The van der Waals surface area contributed by atoms with E-state index in [1.165, 1.54) is 19.3 Å². The minimum atomic E-state index is -1.09. The molecule has 2 saturated carbocycles. The van der Waals surface area contributed by atoms with Gasteiger partial charge < -0.3 is 30.3 Å². The van der Waals surface area contributed by atoms with Gasteiger partial charge in [0.05, 0.1) is 18.3 Å². The van der Waals surface area contributed by atoms with E-state index in [4.69, 9.17) is 15.2 Å². The molecule has 1 aromatic carbocycles. The summed E-state index contributed by atoms with van der Waals surface area (Å²) in [7, 11) is 1.70. The fraction of sp³-hybridized carbons (Fsp3) is 0.750. The van der Waals surface area contributed by atoms with Crippen molar-refractivity contribution in [2.75, 3.05) is 33.4 Å². The van der Waals surface area contributed by atoms with Crippen molar-refractivity contribution in [2.24, 2.45) is 23.5 Å². The third kappa shape index (κ3) is 6.19. The number of hydrogen-bond acceptors (Lipinski definition) is 6. The van der Waals surface area contributed by atoms with Crippen LogP contribution in [0.1, 0.15) is 69.8 Å². The zero-order valence-corrected chi connectivity index (χ0v) is 21.2. The number of likely N-dealkylation sites (tertiary alicyclic amines) is 1. The molecule has 0 radical (unpaired) electrons. The highest BCUT2D eigenvalue weighted by atomic mass is 16.5. The highest BCUT2D eigenvalue weighted by molar-refractivity contribution is 5.79. The van der Waals surface area contributed by atoms with Gasteiger partial charge in [0.15, 0.2) is 0 Å². The zero-order valence-electron chi connectivity index (χ0n) is 21.2. The van der Waals surface area contributed by atoms with Gasteiger partial charge in [-0.05, 0) is 69.8 Å². The highest BCUT2D eigenvalue weighted by Crippen LogP contribution is 2.44. The van der Waals surface area contributed by atoms with E-state index in [1.54, 1.807) is 7.11 Å². The van der Waals surface area contributed by atoms with Gasteiger partial charge in [-0.15, -0.1) is 0 Å². The number of unbranched alkanes of at least 4 members (excludes halogenated alkanes) is 1. The van der Waals surface area contributed by atoms with Crippen LogP contribution in [-0.4, -0.2) is 66.6 Å². The van der Waals surface area contributed by atoms with Crippen LogP contribution in [0.3, 0.4) is 0 Å². The van der Waals surface area contributed by atoms with Crippen LogP contribution in [-0.2, 0) is 15.1 Å². The number of nitrogens with zero attached hydrogens (tertiary/aromatic N) is 1. The van der Waals surface area contributed by atoms with Gasteiger partial charge in [-0.3, -0.25) is 4.79 Å². The molecule has 1 saturated heterocycles. The fourth-order valence-electron chi connectivity index (χ4n) is 6.09. The fourth-order valence-corrected chi connectivity index (χ4v) is 6.09. The van der Waals surface area contributed by atoms with Crippen LogP contribution in [0.5, 0.6) is 5.75 Å². The van der Waals surface area contributed by atoms with Crippen LogP contribution in [0.15, 0.2) is 24.3 Å². The molecule has 5 atom stereocenters. The summed E-state index contributed by atoms with van der Waals surface area (Å²) in [5.41, 5.74) is 5.74. The molecule has 2 aliphatic carbocycles. The lowest BCUT2D eigenvalue weighted by molar-refractivity contribution is -0.141. The van der Waals surface area contributed by atoms with Crippen molar-refractivity contribution in [3.63, 3.8) is 0 Å². The zero-order chi connectivity index (χ0) is 24.8. The van der Waals surface area contributed by atoms with Crippen LogP contribution < -0.4 is 10.5 Å². The van der Waals surface area contributed by atoms with E-state index < -0.39 is 11.7 Å². The first-order valence-corrected chi connectivity index (χ1v) is 13.6. The number of piperidine rings is 1. The summed E-state index contributed by atoms with van der Waals surface area (Å²) in [6, 6.07) is 7.58. The van der Waals surface area contributed by atoms with Crippen LogP contribution in [0.25, 0.3) is 0 Å². The van der Waals surface area contributed by atoms with E-state index in [0.29, 0.717) is 51.5 Å². The van der Waals surface area contributed by atoms with E-state index in [1.807, 2.05) is 29.2 Å². The van der Waals surface area contributed by atoms with Crippen molar-refractivity contribution < 1.29 is 24.5 Å². The van der Waals surface area contributed by atoms with Crippen molar-refractivity contribution >= 4 is 5.91 Å². The molecule has 7 nitrogen and oxygen atoms in total. The van der Waals surface area contributed by atoms with Crippen molar-refractivity contribution in [3.05, 3.63) is 29.8 Å². The number of carbonyl (C=O) groups excluding carboxylic acids is 1. The molecule has 3 aliphatic rings. The van der Waals surface area contributed by atoms with E-state index in [0.717, 1.165) is 37.0 Å². The predicted molar refractivity (Wildman–Crippen MR) is 135 cm³/mol. The maximum absolute atomic E-state index is 13.3. The Labute approximate surface area is 210 Å². The van der Waals surface area contributed by atoms with Gasteiger partial charge in [-0.25, -0.2) is 0 Å². The number of amides is 1. The smallest absolute Gasteiger partial charge is 0.225 e. The van der Waals surface area contributed by atoms with Gasteiger partial charge in [-0.1, -0.05) is 24.6 Å². The minimum absolute atomic E-state index is 0.0675. The second-order valence-electron chi connectivity index (χ2n) is 11.0. The quantitative estimate of drug-likeness (QED) is 0.413. The number of ether oxygens (including phenoxy) is 2. The maximum Gasteiger partial charge on any atom is 0.225 e. The van der Waals surface area contributed by atoms with Gasteiger partial charge >= 0.3 is 0 Å². The molecule has 1 heterocycles. The molecule has 0 spiro atoms. The SMILES string of the molecule is COCCCCC(O)(c1ccccc1OCC1CCC1)C1CCCN(C(=O)C2CC(N)C(O)C2)C1. The molecular formula is C28H44N2O5. The molecule has 35 heavy (non-hydrogen) atoms. The number of hydrogen-bond donors (Lipinski definition) is 3. The monoisotopic (exact) mass is 488 g/mol. The molecule has 4 N–H and O–H groups in total. The summed E-state index contributed by atoms with van der Waals surface area (Å²) in [6.07, 6.45) is 8.05. The van der Waals surface area contributed by atoms with Gasteiger partial charge in [-0.2, -0.15) is 0 Å². The van der Waals surface area contributed by atoms with Crippen LogP contribution in [0, 0.1) is 17.8 Å². The van der Waals surface area contributed by atoms with Crippen molar-refractivity contribution in [1.82, 2.24) is 4.90 Å². The molecule has 0 bridgehead atoms. The van der Waals surface area contributed by atoms with Gasteiger partial charge in [0, 0.05) is 50.2 Å². The average Bonchev–Trinajstić information content (AvgIpc) is 3.18. The summed E-state index contributed by atoms with van der Waals surface area (Å²) in [5, 5.41) is 22.4. The number of carbonyl (C=O) groups is 1. The average molecular weight is 489 g/mol. The highest BCUT2D eigenvalue weighted by Gasteiger charge is 2.44. The van der Waals surface area contributed by atoms with Crippen LogP contribution in [0.2, 0.25) is 0 Å². The number of rotatable bonds is 11. The maximum atomic E-state index is 13.3. The second kappa shape index (κ2) is 12.0. The largest absolute Gasteiger partial charge is 0.493 e. The Bertz CT molecular complexity index is 821.